The van der Waals surface area contributed by atoms with Gasteiger partial charge in [0.25, 0.3) is 0 Å². The van der Waals surface area contributed by atoms with E-state index < -0.39 is 0 Å². The monoisotopic (exact) mass is 294 g/mol. The summed E-state index contributed by atoms with van der Waals surface area (Å²) in [5, 5.41) is 6.05. The minimum Gasteiger partial charge on any atom is -0.369 e. The minimum absolute atomic E-state index is 0.0344. The molecule has 0 saturated heterocycles. The van der Waals surface area contributed by atoms with Crippen LogP contribution in [0.2, 0.25) is 0 Å². The lowest BCUT2D eigenvalue weighted by atomic mass is 10.2. The van der Waals surface area contributed by atoms with Gasteiger partial charge in [0.05, 0.1) is 0 Å². The molecule has 118 valence electrons. The summed E-state index contributed by atoms with van der Waals surface area (Å²) in [6.45, 7) is 8.57. The molecule has 1 atom stereocenters. The Morgan fingerprint density at radius 2 is 1.95 bits per heavy atom. The summed E-state index contributed by atoms with van der Waals surface area (Å²) < 4.78 is 0. The van der Waals surface area contributed by atoms with E-state index in [0.717, 1.165) is 6.42 Å². The third kappa shape index (κ3) is 5.95. The van der Waals surface area contributed by atoms with Crippen molar-refractivity contribution in [2.45, 2.75) is 52.5 Å². The first kappa shape index (κ1) is 17.2. The van der Waals surface area contributed by atoms with Gasteiger partial charge < -0.3 is 16.1 Å². The van der Waals surface area contributed by atoms with Gasteiger partial charge in [-0.2, -0.15) is 0 Å². The Kier molecular flexibility index (Phi) is 6.87. The third-order valence-electron chi connectivity index (χ3n) is 3.09. The summed E-state index contributed by atoms with van der Waals surface area (Å²) in [5.41, 5.74) is 2.53. The molecule has 0 aliphatic rings. The molecule has 5 N–H and O–H groups in total. The van der Waals surface area contributed by atoms with Crippen LogP contribution in [0, 0.1) is 0 Å². The second-order valence-corrected chi connectivity index (χ2v) is 5.35. The molecule has 0 aromatic carbocycles. The number of amides is 1. The van der Waals surface area contributed by atoms with Crippen LogP contribution in [0.25, 0.3) is 0 Å². The topological polar surface area (TPSA) is 105 Å². The zero-order valence-electron chi connectivity index (χ0n) is 13.2. The highest BCUT2D eigenvalue weighted by Gasteiger charge is 2.09. The van der Waals surface area contributed by atoms with E-state index in [-0.39, 0.29) is 17.9 Å². The molecule has 0 aliphatic heterocycles. The van der Waals surface area contributed by atoms with Gasteiger partial charge in [0.15, 0.2) is 0 Å². The first-order valence-electron chi connectivity index (χ1n) is 7.35. The van der Waals surface area contributed by atoms with Crippen molar-refractivity contribution in [2.75, 3.05) is 17.3 Å². The van der Waals surface area contributed by atoms with Crippen LogP contribution < -0.4 is 21.9 Å². The summed E-state index contributed by atoms with van der Waals surface area (Å²) >= 11 is 0. The molecule has 0 saturated carbocycles. The van der Waals surface area contributed by atoms with Crippen LogP contribution in [-0.4, -0.2) is 28.5 Å². The maximum atomic E-state index is 11.7. The van der Waals surface area contributed by atoms with Gasteiger partial charge in [-0.05, 0) is 13.3 Å². The highest BCUT2D eigenvalue weighted by Crippen LogP contribution is 2.16. The lowest BCUT2D eigenvalue weighted by Gasteiger charge is -2.13. The Balaban J connectivity index is 2.55. The number of carbonyl (C=O) groups excluding carboxylic acids is 1. The number of hydrazine groups is 1. The average Bonchev–Trinajstić information content (AvgIpc) is 2.46. The molecule has 0 radical (unpaired) electrons. The first-order chi connectivity index (χ1) is 9.96. The molecule has 0 spiro atoms. The van der Waals surface area contributed by atoms with Crippen LogP contribution in [-0.2, 0) is 4.79 Å². The number of anilines is 2. The predicted molar refractivity (Wildman–Crippen MR) is 84.9 cm³/mol. The number of nitrogens with one attached hydrogen (secondary N) is 3. The van der Waals surface area contributed by atoms with Crippen LogP contribution in [0.3, 0.4) is 0 Å². The Bertz CT molecular complexity index is 463. The van der Waals surface area contributed by atoms with Gasteiger partial charge >= 0.3 is 0 Å². The zero-order chi connectivity index (χ0) is 15.8. The van der Waals surface area contributed by atoms with E-state index in [0.29, 0.717) is 30.4 Å². The maximum Gasteiger partial charge on any atom is 0.221 e. The molecule has 1 rings (SSSR count). The molecule has 7 heteroatoms. The largest absolute Gasteiger partial charge is 0.369 e. The molecule has 21 heavy (non-hydrogen) atoms. The highest BCUT2D eigenvalue weighted by molar-refractivity contribution is 5.76. The fourth-order valence-corrected chi connectivity index (χ4v) is 1.64. The number of nitrogen functional groups attached to an aromatic ring is 1. The smallest absolute Gasteiger partial charge is 0.221 e. The van der Waals surface area contributed by atoms with Crippen molar-refractivity contribution < 1.29 is 4.79 Å². The number of hydrogen-bond donors (Lipinski definition) is 4. The zero-order valence-corrected chi connectivity index (χ0v) is 13.2. The molecule has 1 unspecified atom stereocenters. The van der Waals surface area contributed by atoms with E-state index in [2.05, 4.69) is 26.0 Å². The summed E-state index contributed by atoms with van der Waals surface area (Å²) in [6, 6.07) is 1.93. The van der Waals surface area contributed by atoms with E-state index in [1.807, 2.05) is 27.7 Å². The fraction of sp³-hybridized carbons (Fsp3) is 0.643. The Morgan fingerprint density at radius 3 is 2.52 bits per heavy atom. The molecule has 7 nitrogen and oxygen atoms in total. The molecule has 0 fully saturated rings. The van der Waals surface area contributed by atoms with Crippen molar-refractivity contribution in [2.24, 2.45) is 5.84 Å². The molecule has 1 aromatic rings. The van der Waals surface area contributed by atoms with Crippen molar-refractivity contribution >= 4 is 17.5 Å². The van der Waals surface area contributed by atoms with Crippen molar-refractivity contribution in [3.05, 3.63) is 11.9 Å². The molecular formula is C14H26N6O. The van der Waals surface area contributed by atoms with Crippen LogP contribution in [0.4, 0.5) is 11.6 Å². The first-order valence-corrected chi connectivity index (χ1v) is 7.35. The molecule has 1 heterocycles. The van der Waals surface area contributed by atoms with Gasteiger partial charge in [-0.3, -0.25) is 4.79 Å². The number of aromatic nitrogens is 2. The van der Waals surface area contributed by atoms with Crippen LogP contribution in [0.5, 0.6) is 0 Å². The van der Waals surface area contributed by atoms with Gasteiger partial charge in [-0.1, -0.05) is 20.8 Å². The third-order valence-corrected chi connectivity index (χ3v) is 3.09. The van der Waals surface area contributed by atoms with E-state index in [1.165, 1.54) is 0 Å². The van der Waals surface area contributed by atoms with Crippen molar-refractivity contribution in [3.8, 4) is 0 Å². The Hall–Kier alpha value is -1.89. The van der Waals surface area contributed by atoms with Gasteiger partial charge in [0.1, 0.15) is 17.5 Å². The van der Waals surface area contributed by atoms with Gasteiger partial charge in [-0.25, -0.2) is 15.8 Å². The molecule has 1 amide bonds. The van der Waals surface area contributed by atoms with Crippen LogP contribution >= 0.6 is 0 Å². The van der Waals surface area contributed by atoms with E-state index >= 15 is 0 Å². The summed E-state index contributed by atoms with van der Waals surface area (Å²) in [4.78, 5) is 20.4. The van der Waals surface area contributed by atoms with Gasteiger partial charge in [-0.15, -0.1) is 0 Å². The molecule has 1 aromatic heterocycles. The van der Waals surface area contributed by atoms with E-state index in [4.69, 9.17) is 5.84 Å². The normalized spacial score (nSPS) is 12.1. The number of rotatable bonds is 8. The summed E-state index contributed by atoms with van der Waals surface area (Å²) in [6.07, 6.45) is 1.32. The second-order valence-electron chi connectivity index (χ2n) is 5.35. The summed E-state index contributed by atoms with van der Waals surface area (Å²) in [7, 11) is 0. The fourth-order valence-electron chi connectivity index (χ4n) is 1.64. The quantitative estimate of drug-likeness (QED) is 0.429. The summed E-state index contributed by atoms with van der Waals surface area (Å²) in [5.74, 6) is 7.56. The van der Waals surface area contributed by atoms with E-state index in [1.54, 1.807) is 6.07 Å². The number of nitrogens with two attached hydrogens (primary N) is 1. The highest BCUT2D eigenvalue weighted by atomic mass is 16.1. The number of hydrogen-bond acceptors (Lipinski definition) is 6. The number of nitrogens with zero attached hydrogens (tertiary/aromatic N) is 2. The molecule has 0 aliphatic carbocycles. The standard InChI is InChI=1S/C14H26N6O/c1-5-10(4)17-13(21)6-7-16-11-8-12(20-15)19-14(18-11)9(2)3/h8-10H,5-7,15H2,1-4H3,(H,17,21)(H2,16,18,19,20). The Labute approximate surface area is 126 Å². The predicted octanol–water partition coefficient (Wildman–Crippen LogP) is 1.60. The average molecular weight is 294 g/mol. The van der Waals surface area contributed by atoms with Crippen molar-refractivity contribution in [1.82, 2.24) is 15.3 Å². The van der Waals surface area contributed by atoms with Gasteiger partial charge in [0, 0.05) is 31.0 Å². The van der Waals surface area contributed by atoms with Crippen molar-refractivity contribution in [3.63, 3.8) is 0 Å². The Morgan fingerprint density at radius 1 is 1.29 bits per heavy atom. The van der Waals surface area contributed by atoms with Gasteiger partial charge in [0.2, 0.25) is 5.91 Å². The lowest BCUT2D eigenvalue weighted by molar-refractivity contribution is -0.121. The SMILES string of the molecule is CCC(C)NC(=O)CCNc1cc(NN)nc(C(C)C)n1. The van der Waals surface area contributed by atoms with Crippen LogP contribution in [0.1, 0.15) is 52.3 Å². The molecule has 0 bridgehead atoms. The van der Waals surface area contributed by atoms with Crippen molar-refractivity contribution in [1.29, 1.82) is 0 Å². The number of carbonyl (C=O) groups is 1. The molecular weight excluding hydrogens is 268 g/mol. The minimum atomic E-state index is 0.0344. The van der Waals surface area contributed by atoms with Crippen LogP contribution in [0.15, 0.2) is 6.07 Å². The maximum absolute atomic E-state index is 11.7. The second kappa shape index (κ2) is 8.41. The van der Waals surface area contributed by atoms with E-state index in [9.17, 15) is 4.79 Å². The lowest BCUT2D eigenvalue weighted by Crippen LogP contribution is -2.33.